The van der Waals surface area contributed by atoms with Crippen LogP contribution in [0.1, 0.15) is 12.0 Å². The number of fused-ring (bicyclic) bond motifs is 2. The van der Waals surface area contributed by atoms with Crippen LogP contribution >= 0.6 is 0 Å². The molecule has 0 radical (unpaired) electrons. The number of methoxy groups -OCH3 is 1. The van der Waals surface area contributed by atoms with Crippen LogP contribution in [0.15, 0.2) is 41.3 Å². The van der Waals surface area contributed by atoms with Gasteiger partial charge in [0.1, 0.15) is 5.75 Å². The van der Waals surface area contributed by atoms with Crippen molar-refractivity contribution < 1.29 is 26.7 Å². The number of anilines is 1. The predicted molar refractivity (Wildman–Crippen MR) is 97.8 cm³/mol. The van der Waals surface area contributed by atoms with Crippen molar-refractivity contribution in [2.45, 2.75) is 16.7 Å². The Bertz CT molecular complexity index is 1090. The van der Waals surface area contributed by atoms with E-state index in [9.17, 15) is 22.0 Å². The number of amides is 1. The number of rotatable bonds is 3. The molecule has 0 saturated carbocycles. The molecule has 1 spiro atoms. The Balaban J connectivity index is 1.74. The Kier molecular flexibility index (Phi) is 4.20. The van der Waals surface area contributed by atoms with Crippen LogP contribution in [0.3, 0.4) is 0 Å². The number of hydrogen-bond donors (Lipinski definition) is 0. The molecule has 2 aliphatic heterocycles. The summed E-state index contributed by atoms with van der Waals surface area (Å²) in [6.07, 6.45) is 0.291. The molecule has 1 fully saturated rings. The molecule has 28 heavy (non-hydrogen) atoms. The van der Waals surface area contributed by atoms with E-state index < -0.39 is 27.1 Å². The van der Waals surface area contributed by atoms with Crippen molar-refractivity contribution in [1.29, 1.82) is 0 Å². The number of carbonyl (C=O) groups excluding carboxylic acids is 1. The minimum absolute atomic E-state index is 0.0718. The average Bonchev–Trinajstić information content (AvgIpc) is 3.22. The second-order valence-corrected chi connectivity index (χ2v) is 8.93. The summed E-state index contributed by atoms with van der Waals surface area (Å²) in [6.45, 7) is 0.0230. The van der Waals surface area contributed by atoms with E-state index in [0.29, 0.717) is 29.5 Å². The van der Waals surface area contributed by atoms with Gasteiger partial charge in [0.2, 0.25) is 15.9 Å². The first-order chi connectivity index (χ1) is 13.2. The molecule has 0 aliphatic carbocycles. The molecule has 0 bridgehead atoms. The molecule has 2 aromatic rings. The van der Waals surface area contributed by atoms with Crippen molar-refractivity contribution in [2.24, 2.45) is 0 Å². The number of likely N-dealkylation sites (N-methyl/N-ethyl adjacent to an activating group) is 1. The van der Waals surface area contributed by atoms with Gasteiger partial charge in [-0.2, -0.15) is 4.31 Å². The van der Waals surface area contributed by atoms with Crippen LogP contribution in [0.2, 0.25) is 0 Å². The molecule has 1 saturated heterocycles. The fraction of sp³-hybridized carbons (Fsp3) is 0.316. The second kappa shape index (κ2) is 6.25. The van der Waals surface area contributed by atoms with Gasteiger partial charge >= 0.3 is 0 Å². The highest BCUT2D eigenvalue weighted by Crippen LogP contribution is 2.48. The summed E-state index contributed by atoms with van der Waals surface area (Å²) >= 11 is 0. The monoisotopic (exact) mass is 408 g/mol. The van der Waals surface area contributed by atoms with E-state index >= 15 is 0 Å². The number of sulfonamides is 1. The third kappa shape index (κ3) is 2.53. The molecule has 0 N–H and O–H groups in total. The fourth-order valence-corrected chi connectivity index (χ4v) is 5.54. The van der Waals surface area contributed by atoms with Gasteiger partial charge in [0.25, 0.3) is 0 Å². The molecular weight excluding hydrogens is 390 g/mol. The predicted octanol–water partition coefficient (Wildman–Crippen LogP) is 2.28. The van der Waals surface area contributed by atoms with Gasteiger partial charge in [-0.25, -0.2) is 17.2 Å². The lowest BCUT2D eigenvalue weighted by atomic mass is 9.81. The largest absolute Gasteiger partial charge is 0.497 e. The first-order valence-corrected chi connectivity index (χ1v) is 10.1. The molecule has 9 heteroatoms. The average molecular weight is 408 g/mol. The fourth-order valence-electron chi connectivity index (χ4n) is 4.02. The maximum atomic E-state index is 13.6. The maximum absolute atomic E-state index is 13.6. The number of benzene rings is 2. The van der Waals surface area contributed by atoms with Gasteiger partial charge in [-0.15, -0.1) is 0 Å². The van der Waals surface area contributed by atoms with Crippen molar-refractivity contribution in [3.63, 3.8) is 0 Å². The summed E-state index contributed by atoms with van der Waals surface area (Å²) in [5, 5.41) is 0. The molecule has 148 valence electrons. The first-order valence-electron chi connectivity index (χ1n) is 8.62. The van der Waals surface area contributed by atoms with Gasteiger partial charge in [-0.1, -0.05) is 0 Å². The number of halogens is 2. The zero-order valence-corrected chi connectivity index (χ0v) is 16.1. The normalized spacial score (nSPS) is 22.1. The third-order valence-electron chi connectivity index (χ3n) is 5.56. The molecule has 4 rings (SSSR count). The van der Waals surface area contributed by atoms with Crippen LogP contribution in [0.25, 0.3) is 0 Å². The summed E-state index contributed by atoms with van der Waals surface area (Å²) in [7, 11) is -0.911. The number of nitrogens with zero attached hydrogens (tertiary/aromatic N) is 2. The molecule has 2 aromatic carbocycles. The highest BCUT2D eigenvalue weighted by atomic mass is 32.2. The Morgan fingerprint density at radius 2 is 1.86 bits per heavy atom. The summed E-state index contributed by atoms with van der Waals surface area (Å²) in [5.74, 6) is -1.98. The zero-order chi connectivity index (χ0) is 20.3. The smallest absolute Gasteiger partial charge is 0.243 e. The number of carbonyl (C=O) groups is 1. The van der Waals surface area contributed by atoms with Gasteiger partial charge in [0, 0.05) is 25.8 Å². The van der Waals surface area contributed by atoms with Crippen molar-refractivity contribution >= 4 is 21.6 Å². The minimum atomic E-state index is -4.08. The molecule has 0 unspecified atom stereocenters. The molecule has 1 amide bonds. The summed E-state index contributed by atoms with van der Waals surface area (Å²) in [5.41, 5.74) is 0.393. The van der Waals surface area contributed by atoms with Gasteiger partial charge < -0.3 is 9.64 Å². The van der Waals surface area contributed by atoms with Crippen LogP contribution in [0, 0.1) is 11.6 Å². The Morgan fingerprint density at radius 3 is 2.54 bits per heavy atom. The lowest BCUT2D eigenvalue weighted by molar-refractivity contribution is -0.122. The second-order valence-electron chi connectivity index (χ2n) is 6.99. The standard InChI is InChI=1S/C19H18F2N2O4S/c1-22-17-6-3-12(27-2)9-14(17)19(18(22)24)7-8-23(11-19)28(25,26)13-4-5-15(20)16(21)10-13/h3-6,9-10H,7-8,11H2,1-2H3/t19-/m0/s1. The Labute approximate surface area is 161 Å². The molecular formula is C19H18F2N2O4S. The van der Waals surface area contributed by atoms with Crippen molar-refractivity contribution in [3.8, 4) is 5.75 Å². The van der Waals surface area contributed by atoms with Gasteiger partial charge in [-0.05, 0) is 48.4 Å². The molecule has 6 nitrogen and oxygen atoms in total. The van der Waals surface area contributed by atoms with Gasteiger partial charge in [0.15, 0.2) is 11.6 Å². The van der Waals surface area contributed by atoms with E-state index in [-0.39, 0.29) is 23.9 Å². The van der Waals surface area contributed by atoms with E-state index in [0.717, 1.165) is 16.4 Å². The molecule has 2 aliphatic rings. The van der Waals surface area contributed by atoms with E-state index in [2.05, 4.69) is 0 Å². The lowest BCUT2D eigenvalue weighted by Crippen LogP contribution is -2.42. The quantitative estimate of drug-likeness (QED) is 0.782. The van der Waals surface area contributed by atoms with E-state index in [1.165, 1.54) is 12.0 Å². The highest BCUT2D eigenvalue weighted by molar-refractivity contribution is 7.89. The van der Waals surface area contributed by atoms with Crippen LogP contribution < -0.4 is 9.64 Å². The Morgan fingerprint density at radius 1 is 1.11 bits per heavy atom. The van der Waals surface area contributed by atoms with Crippen molar-refractivity contribution in [1.82, 2.24) is 4.31 Å². The zero-order valence-electron chi connectivity index (χ0n) is 15.3. The third-order valence-corrected chi connectivity index (χ3v) is 7.40. The van der Waals surface area contributed by atoms with Crippen LogP contribution in [0.4, 0.5) is 14.5 Å². The maximum Gasteiger partial charge on any atom is 0.243 e. The van der Waals surface area contributed by atoms with Crippen LogP contribution in [-0.4, -0.2) is 45.9 Å². The summed E-state index contributed by atoms with van der Waals surface area (Å²) in [6, 6.07) is 7.74. The highest BCUT2D eigenvalue weighted by Gasteiger charge is 2.55. The van der Waals surface area contributed by atoms with E-state index in [1.807, 2.05) is 0 Å². The number of hydrogen-bond acceptors (Lipinski definition) is 4. The SMILES string of the molecule is COc1ccc2c(c1)[C@@]1(CCN(S(=O)(=O)c3ccc(F)c(F)c3)C1)C(=O)N2C. The minimum Gasteiger partial charge on any atom is -0.497 e. The van der Waals surface area contributed by atoms with Gasteiger partial charge in [-0.3, -0.25) is 4.79 Å². The first kappa shape index (κ1) is 18.8. The Hall–Kier alpha value is -2.52. The summed E-state index contributed by atoms with van der Waals surface area (Å²) in [4.78, 5) is 14.2. The van der Waals surface area contributed by atoms with E-state index in [4.69, 9.17) is 4.74 Å². The molecule has 1 atom stereocenters. The van der Waals surface area contributed by atoms with E-state index in [1.54, 1.807) is 25.2 Å². The molecule has 2 heterocycles. The summed E-state index contributed by atoms with van der Waals surface area (Å²) < 4.78 is 59.1. The number of ether oxygens (including phenoxy) is 1. The molecule has 0 aromatic heterocycles. The van der Waals surface area contributed by atoms with Crippen molar-refractivity contribution in [2.75, 3.05) is 32.1 Å². The lowest BCUT2D eigenvalue weighted by Gasteiger charge is -2.23. The van der Waals surface area contributed by atoms with Gasteiger partial charge in [0.05, 0.1) is 17.4 Å². The van der Waals surface area contributed by atoms with Crippen molar-refractivity contribution in [3.05, 3.63) is 53.6 Å². The van der Waals surface area contributed by atoms with Crippen LogP contribution in [-0.2, 0) is 20.2 Å². The topological polar surface area (TPSA) is 66.9 Å². The van der Waals surface area contributed by atoms with Crippen LogP contribution in [0.5, 0.6) is 5.75 Å².